The molecular weight excluding hydrogens is 216 g/mol. The molecule has 0 spiro atoms. The zero-order valence-electron chi connectivity index (χ0n) is 8.43. The number of halogens is 2. The van der Waals surface area contributed by atoms with E-state index in [4.69, 9.17) is 5.73 Å². The minimum atomic E-state index is -0.955. The third-order valence-corrected chi connectivity index (χ3v) is 2.05. The first kappa shape index (κ1) is 10.6. The lowest BCUT2D eigenvalue weighted by molar-refractivity contribution is 0.507. The molecule has 2 aromatic rings. The van der Waals surface area contributed by atoms with E-state index in [-0.39, 0.29) is 0 Å². The van der Waals surface area contributed by atoms with E-state index in [9.17, 15) is 8.78 Å². The van der Waals surface area contributed by atoms with Crippen LogP contribution in [0.4, 0.5) is 8.78 Å². The van der Waals surface area contributed by atoms with Crippen LogP contribution >= 0.6 is 0 Å². The van der Waals surface area contributed by atoms with Gasteiger partial charge in [-0.15, -0.1) is 5.10 Å². The highest BCUT2D eigenvalue weighted by molar-refractivity contribution is 5.32. The summed E-state index contributed by atoms with van der Waals surface area (Å²) in [6.07, 6.45) is 0. The molecule has 7 heteroatoms. The van der Waals surface area contributed by atoms with E-state index in [1.165, 1.54) is 10.7 Å². The lowest BCUT2D eigenvalue weighted by Crippen LogP contribution is -2.13. The van der Waals surface area contributed by atoms with Gasteiger partial charge in [-0.1, -0.05) is 0 Å². The van der Waals surface area contributed by atoms with Crippen molar-refractivity contribution < 1.29 is 8.78 Å². The smallest absolute Gasteiger partial charge is 0.173 e. The molecule has 0 saturated carbocycles. The Morgan fingerprint density at radius 2 is 2.06 bits per heavy atom. The van der Waals surface area contributed by atoms with Gasteiger partial charge in [0, 0.05) is 6.07 Å². The molecule has 0 amide bonds. The molecule has 1 aromatic heterocycles. The van der Waals surface area contributed by atoms with Crippen molar-refractivity contribution in [1.29, 1.82) is 0 Å². The van der Waals surface area contributed by atoms with E-state index in [1.807, 2.05) is 0 Å². The maximum absolute atomic E-state index is 13.0. The van der Waals surface area contributed by atoms with Crippen LogP contribution in [0.3, 0.4) is 0 Å². The van der Waals surface area contributed by atoms with Crippen molar-refractivity contribution in [3.8, 4) is 5.69 Å². The molecule has 1 atom stereocenters. The Morgan fingerprint density at radius 3 is 2.69 bits per heavy atom. The summed E-state index contributed by atoms with van der Waals surface area (Å²) in [5.41, 5.74) is 5.96. The van der Waals surface area contributed by atoms with Gasteiger partial charge in [0.1, 0.15) is 0 Å². The number of nitrogens with zero attached hydrogens (tertiary/aromatic N) is 4. The molecule has 1 aromatic carbocycles. The van der Waals surface area contributed by atoms with Crippen LogP contribution < -0.4 is 5.73 Å². The molecule has 0 aliphatic carbocycles. The highest BCUT2D eigenvalue weighted by Crippen LogP contribution is 2.15. The molecule has 1 unspecified atom stereocenters. The van der Waals surface area contributed by atoms with E-state index in [0.717, 1.165) is 12.1 Å². The summed E-state index contributed by atoms with van der Waals surface area (Å²) < 4.78 is 27.0. The number of hydrogen-bond donors (Lipinski definition) is 1. The molecule has 0 bridgehead atoms. The second-order valence-corrected chi connectivity index (χ2v) is 3.34. The number of benzene rings is 1. The zero-order valence-corrected chi connectivity index (χ0v) is 8.43. The Labute approximate surface area is 89.9 Å². The molecule has 2 rings (SSSR count). The third kappa shape index (κ3) is 1.76. The van der Waals surface area contributed by atoms with E-state index < -0.39 is 17.7 Å². The quantitative estimate of drug-likeness (QED) is 0.826. The Bertz CT molecular complexity index is 508. The van der Waals surface area contributed by atoms with Gasteiger partial charge in [0.05, 0.1) is 11.7 Å². The summed E-state index contributed by atoms with van der Waals surface area (Å²) >= 11 is 0. The fourth-order valence-corrected chi connectivity index (χ4v) is 1.28. The predicted octanol–water partition coefficient (Wildman–Crippen LogP) is 0.960. The molecule has 16 heavy (non-hydrogen) atoms. The summed E-state index contributed by atoms with van der Waals surface area (Å²) in [4.78, 5) is 0. The topological polar surface area (TPSA) is 69.6 Å². The maximum Gasteiger partial charge on any atom is 0.173 e. The number of nitrogens with two attached hydrogens (primary N) is 1. The highest BCUT2D eigenvalue weighted by atomic mass is 19.2. The average molecular weight is 225 g/mol. The number of tetrazole rings is 1. The van der Waals surface area contributed by atoms with E-state index in [1.54, 1.807) is 6.92 Å². The lowest BCUT2D eigenvalue weighted by Gasteiger charge is -2.06. The number of rotatable bonds is 2. The maximum atomic E-state index is 13.0. The van der Waals surface area contributed by atoms with Crippen molar-refractivity contribution in [2.45, 2.75) is 13.0 Å². The van der Waals surface area contributed by atoms with Crippen LogP contribution in [-0.2, 0) is 0 Å². The first-order chi connectivity index (χ1) is 7.59. The van der Waals surface area contributed by atoms with Crippen molar-refractivity contribution >= 4 is 0 Å². The van der Waals surface area contributed by atoms with Crippen molar-refractivity contribution in [3.63, 3.8) is 0 Å². The number of aromatic nitrogens is 4. The van der Waals surface area contributed by atoms with Gasteiger partial charge in [0.15, 0.2) is 17.5 Å². The van der Waals surface area contributed by atoms with Gasteiger partial charge in [0.25, 0.3) is 0 Å². The van der Waals surface area contributed by atoms with Gasteiger partial charge < -0.3 is 5.73 Å². The van der Waals surface area contributed by atoms with Gasteiger partial charge >= 0.3 is 0 Å². The fourth-order valence-electron chi connectivity index (χ4n) is 1.28. The minimum Gasteiger partial charge on any atom is -0.321 e. The molecule has 1 heterocycles. The standard InChI is InChI=1S/C9H9F2N5/c1-5(12)9-13-14-15-16(9)6-2-3-7(10)8(11)4-6/h2-5H,12H2,1H3. The Morgan fingerprint density at radius 1 is 1.31 bits per heavy atom. The zero-order chi connectivity index (χ0) is 11.7. The Hall–Kier alpha value is -1.89. The highest BCUT2D eigenvalue weighted by Gasteiger charge is 2.13. The van der Waals surface area contributed by atoms with Crippen molar-refractivity contribution in [1.82, 2.24) is 20.2 Å². The summed E-state index contributed by atoms with van der Waals surface area (Å²) in [6, 6.07) is 3.00. The van der Waals surface area contributed by atoms with Crippen molar-refractivity contribution in [3.05, 3.63) is 35.7 Å². The van der Waals surface area contributed by atoms with Crippen LogP contribution in [0, 0.1) is 11.6 Å². The second-order valence-electron chi connectivity index (χ2n) is 3.34. The van der Waals surface area contributed by atoms with Crippen molar-refractivity contribution in [2.75, 3.05) is 0 Å². The Balaban J connectivity index is 2.50. The summed E-state index contributed by atoms with van der Waals surface area (Å²) in [5.74, 6) is -1.49. The van der Waals surface area contributed by atoms with E-state index in [2.05, 4.69) is 15.5 Å². The van der Waals surface area contributed by atoms with Gasteiger partial charge in [-0.3, -0.25) is 0 Å². The minimum absolute atomic E-state index is 0.330. The van der Waals surface area contributed by atoms with Crippen LogP contribution in [0.1, 0.15) is 18.8 Å². The normalized spacial score (nSPS) is 12.8. The van der Waals surface area contributed by atoms with E-state index in [0.29, 0.717) is 11.5 Å². The number of hydrogen-bond acceptors (Lipinski definition) is 4. The molecule has 84 valence electrons. The van der Waals surface area contributed by atoms with Crippen LogP contribution in [0.2, 0.25) is 0 Å². The SMILES string of the molecule is CC(N)c1nnnn1-c1ccc(F)c(F)c1. The average Bonchev–Trinajstić information content (AvgIpc) is 2.71. The van der Waals surface area contributed by atoms with Gasteiger partial charge in [-0.25, -0.2) is 8.78 Å². The molecule has 0 saturated heterocycles. The van der Waals surface area contributed by atoms with Gasteiger partial charge in [-0.05, 0) is 29.5 Å². The van der Waals surface area contributed by atoms with Crippen LogP contribution in [0.25, 0.3) is 5.69 Å². The largest absolute Gasteiger partial charge is 0.321 e. The second kappa shape index (κ2) is 3.93. The van der Waals surface area contributed by atoms with Gasteiger partial charge in [0.2, 0.25) is 0 Å². The lowest BCUT2D eigenvalue weighted by atomic mass is 10.3. The molecular formula is C9H9F2N5. The Kier molecular flexibility index (Phi) is 2.61. The molecule has 0 fully saturated rings. The first-order valence-electron chi connectivity index (χ1n) is 4.59. The van der Waals surface area contributed by atoms with E-state index >= 15 is 0 Å². The van der Waals surface area contributed by atoms with Crippen LogP contribution in [0.5, 0.6) is 0 Å². The fraction of sp³-hybridized carbons (Fsp3) is 0.222. The summed E-state index contributed by atoms with van der Waals surface area (Å²) in [6.45, 7) is 1.70. The first-order valence-corrected chi connectivity index (χ1v) is 4.59. The third-order valence-electron chi connectivity index (χ3n) is 2.05. The van der Waals surface area contributed by atoms with Crippen LogP contribution in [0.15, 0.2) is 18.2 Å². The predicted molar refractivity (Wildman–Crippen MR) is 51.7 cm³/mol. The van der Waals surface area contributed by atoms with Gasteiger partial charge in [-0.2, -0.15) is 4.68 Å². The molecule has 0 radical (unpaired) electrons. The molecule has 2 N–H and O–H groups in total. The monoisotopic (exact) mass is 225 g/mol. The molecule has 0 aliphatic heterocycles. The van der Waals surface area contributed by atoms with Crippen molar-refractivity contribution in [2.24, 2.45) is 5.73 Å². The molecule has 5 nitrogen and oxygen atoms in total. The molecule has 0 aliphatic rings. The van der Waals surface area contributed by atoms with Crippen LogP contribution in [-0.4, -0.2) is 20.2 Å². The summed E-state index contributed by atoms with van der Waals surface area (Å²) in [7, 11) is 0. The summed E-state index contributed by atoms with van der Waals surface area (Å²) in [5, 5.41) is 10.8.